The van der Waals surface area contributed by atoms with Gasteiger partial charge >= 0.3 is 6.18 Å². The van der Waals surface area contributed by atoms with Crippen molar-refractivity contribution in [3.63, 3.8) is 0 Å². The Balaban J connectivity index is 1.86. The van der Waals surface area contributed by atoms with Crippen molar-refractivity contribution in [1.29, 1.82) is 0 Å². The fourth-order valence-electron chi connectivity index (χ4n) is 3.08. The number of carbonyl (C=O) groups is 1. The highest BCUT2D eigenvalue weighted by Gasteiger charge is 2.37. The van der Waals surface area contributed by atoms with Crippen LogP contribution < -0.4 is 0 Å². The molecule has 6 heteroatoms. The van der Waals surface area contributed by atoms with E-state index in [1.807, 2.05) is 0 Å². The summed E-state index contributed by atoms with van der Waals surface area (Å²) < 4.78 is 38.6. The zero-order valence-electron chi connectivity index (χ0n) is 12.5. The van der Waals surface area contributed by atoms with Crippen LogP contribution in [0.4, 0.5) is 13.2 Å². The highest BCUT2D eigenvalue weighted by Crippen LogP contribution is 2.36. The minimum absolute atomic E-state index is 0.156. The van der Waals surface area contributed by atoms with E-state index in [0.29, 0.717) is 5.56 Å². The van der Waals surface area contributed by atoms with Gasteiger partial charge in [-0.1, -0.05) is 17.7 Å². The van der Waals surface area contributed by atoms with Gasteiger partial charge in [0.2, 0.25) is 5.91 Å². The first-order valence-corrected chi connectivity index (χ1v) is 7.70. The number of carbonyl (C=O) groups excluding carboxylic acids is 1. The molecule has 124 valence electrons. The predicted octanol–water partition coefficient (Wildman–Crippen LogP) is 3.45. The van der Waals surface area contributed by atoms with Crippen molar-refractivity contribution in [1.82, 2.24) is 4.90 Å². The lowest BCUT2D eigenvalue weighted by atomic mass is 9.92. The standard InChI is InChI=1S/C17H18F3NO2/c18-17(19,20)13-6-2-5-12(8-13)15-9-14(22)10-21(15)16(23)7-11-3-1-4-11/h2,5-8,14-15,22H,1,3-4,9-10H2/t14-,15-/m0/s1. The summed E-state index contributed by atoms with van der Waals surface area (Å²) in [6.45, 7) is 0.156. The van der Waals surface area contributed by atoms with E-state index in [-0.39, 0.29) is 18.9 Å². The molecule has 1 aliphatic heterocycles. The van der Waals surface area contributed by atoms with E-state index in [4.69, 9.17) is 0 Å². The number of amides is 1. The second kappa shape index (κ2) is 6.00. The van der Waals surface area contributed by atoms with Crippen LogP contribution in [0.25, 0.3) is 0 Å². The monoisotopic (exact) mass is 325 g/mol. The normalized spacial score (nSPS) is 24.5. The number of β-amino-alcohol motifs (C(OH)–C–C–N with tert-alkyl or cyclic N) is 1. The average molecular weight is 325 g/mol. The maximum atomic E-state index is 12.9. The van der Waals surface area contributed by atoms with Gasteiger partial charge in [0.1, 0.15) is 0 Å². The van der Waals surface area contributed by atoms with Gasteiger partial charge in [-0.15, -0.1) is 0 Å². The molecule has 2 aliphatic rings. The van der Waals surface area contributed by atoms with Gasteiger partial charge in [-0.25, -0.2) is 0 Å². The van der Waals surface area contributed by atoms with Crippen LogP contribution in [0.2, 0.25) is 0 Å². The number of allylic oxidation sites excluding steroid dienone is 1. The summed E-state index contributed by atoms with van der Waals surface area (Å²) in [4.78, 5) is 13.9. The first-order valence-electron chi connectivity index (χ1n) is 7.70. The van der Waals surface area contributed by atoms with E-state index in [9.17, 15) is 23.1 Å². The number of aliphatic hydroxyl groups excluding tert-OH is 1. The summed E-state index contributed by atoms with van der Waals surface area (Å²) in [6, 6.07) is 4.48. The third-order valence-corrected chi connectivity index (χ3v) is 4.48. The lowest BCUT2D eigenvalue weighted by Crippen LogP contribution is -2.31. The maximum absolute atomic E-state index is 12.9. The number of hydrogen-bond acceptors (Lipinski definition) is 2. The molecule has 1 N–H and O–H groups in total. The molecule has 1 aromatic carbocycles. The molecule has 1 amide bonds. The molecule has 0 aromatic heterocycles. The Kier molecular flexibility index (Phi) is 4.19. The van der Waals surface area contributed by atoms with Crippen LogP contribution in [-0.4, -0.2) is 28.6 Å². The number of hydrogen-bond donors (Lipinski definition) is 1. The molecule has 2 atom stereocenters. The van der Waals surface area contributed by atoms with Crippen molar-refractivity contribution >= 4 is 5.91 Å². The fraction of sp³-hybridized carbons (Fsp3) is 0.471. The Bertz CT molecular complexity index is 633. The van der Waals surface area contributed by atoms with Crippen LogP contribution >= 0.6 is 0 Å². The number of aliphatic hydroxyl groups is 1. The average Bonchev–Trinajstić information content (AvgIpc) is 2.84. The van der Waals surface area contributed by atoms with E-state index in [2.05, 4.69) is 0 Å². The third kappa shape index (κ3) is 3.42. The molecule has 3 rings (SSSR count). The lowest BCUT2D eigenvalue weighted by molar-refractivity contribution is -0.137. The molecule has 3 nitrogen and oxygen atoms in total. The van der Waals surface area contributed by atoms with Gasteiger partial charge in [0.25, 0.3) is 0 Å². The summed E-state index contributed by atoms with van der Waals surface area (Å²) in [5, 5.41) is 9.88. The van der Waals surface area contributed by atoms with Gasteiger partial charge in [-0.3, -0.25) is 4.79 Å². The van der Waals surface area contributed by atoms with E-state index in [0.717, 1.165) is 37.0 Å². The number of halogens is 3. The first kappa shape index (κ1) is 16.1. The van der Waals surface area contributed by atoms with Crippen molar-refractivity contribution in [3.05, 3.63) is 47.0 Å². The quantitative estimate of drug-likeness (QED) is 0.846. The molecule has 1 saturated heterocycles. The first-order chi connectivity index (χ1) is 10.8. The molecule has 2 fully saturated rings. The maximum Gasteiger partial charge on any atom is 0.416 e. The van der Waals surface area contributed by atoms with E-state index in [1.54, 1.807) is 12.1 Å². The highest BCUT2D eigenvalue weighted by molar-refractivity contribution is 5.89. The van der Waals surface area contributed by atoms with Crippen LogP contribution in [0.15, 0.2) is 35.9 Å². The molecule has 0 radical (unpaired) electrons. The highest BCUT2D eigenvalue weighted by atomic mass is 19.4. The minimum Gasteiger partial charge on any atom is -0.391 e. The second-order valence-corrected chi connectivity index (χ2v) is 6.18. The van der Waals surface area contributed by atoms with Gasteiger partial charge in [0.05, 0.1) is 17.7 Å². The number of nitrogens with zero attached hydrogens (tertiary/aromatic N) is 1. The Morgan fingerprint density at radius 1 is 1.30 bits per heavy atom. The molecule has 1 aromatic rings. The van der Waals surface area contributed by atoms with Crippen LogP contribution in [0.5, 0.6) is 0 Å². The van der Waals surface area contributed by atoms with Crippen molar-refractivity contribution in [2.24, 2.45) is 0 Å². The lowest BCUT2D eigenvalue weighted by Gasteiger charge is -2.25. The van der Waals surface area contributed by atoms with Crippen LogP contribution in [0.1, 0.15) is 42.9 Å². The summed E-state index contributed by atoms with van der Waals surface area (Å²) in [5.74, 6) is -0.223. The SMILES string of the molecule is O=C(C=C1CCC1)N1C[C@@H](O)C[C@H]1c1cccc(C(F)(F)F)c1. The third-order valence-electron chi connectivity index (χ3n) is 4.48. The fourth-order valence-corrected chi connectivity index (χ4v) is 3.08. The smallest absolute Gasteiger partial charge is 0.391 e. The molecule has 0 unspecified atom stereocenters. The molecular formula is C17H18F3NO2. The number of benzene rings is 1. The Hall–Kier alpha value is -1.82. The molecule has 23 heavy (non-hydrogen) atoms. The molecular weight excluding hydrogens is 307 g/mol. The zero-order chi connectivity index (χ0) is 16.6. The van der Waals surface area contributed by atoms with E-state index < -0.39 is 23.9 Å². The van der Waals surface area contributed by atoms with Crippen LogP contribution in [-0.2, 0) is 11.0 Å². The number of alkyl halides is 3. The van der Waals surface area contributed by atoms with Crippen molar-refractivity contribution in [3.8, 4) is 0 Å². The zero-order valence-corrected chi connectivity index (χ0v) is 12.5. The van der Waals surface area contributed by atoms with Crippen LogP contribution in [0.3, 0.4) is 0 Å². The van der Waals surface area contributed by atoms with Gasteiger partial charge in [0.15, 0.2) is 0 Å². The molecule has 1 heterocycles. The Morgan fingerprint density at radius 2 is 2.04 bits per heavy atom. The summed E-state index contributed by atoms with van der Waals surface area (Å²) in [5.41, 5.74) is 0.747. The van der Waals surface area contributed by atoms with Gasteiger partial charge in [-0.2, -0.15) is 13.2 Å². The topological polar surface area (TPSA) is 40.5 Å². The second-order valence-electron chi connectivity index (χ2n) is 6.18. The molecule has 0 bridgehead atoms. The predicted molar refractivity (Wildman–Crippen MR) is 78.5 cm³/mol. The van der Waals surface area contributed by atoms with Crippen LogP contribution in [0, 0.1) is 0 Å². The Labute approximate surface area is 132 Å². The van der Waals surface area contributed by atoms with E-state index in [1.165, 1.54) is 11.0 Å². The summed E-state index contributed by atoms with van der Waals surface area (Å²) >= 11 is 0. The Morgan fingerprint density at radius 3 is 2.65 bits per heavy atom. The van der Waals surface area contributed by atoms with Crippen molar-refractivity contribution in [2.75, 3.05) is 6.54 Å². The number of rotatable bonds is 2. The van der Waals surface area contributed by atoms with Gasteiger partial charge in [-0.05, 0) is 43.4 Å². The van der Waals surface area contributed by atoms with Crippen molar-refractivity contribution < 1.29 is 23.1 Å². The van der Waals surface area contributed by atoms with Crippen molar-refractivity contribution in [2.45, 2.75) is 44.0 Å². The van der Waals surface area contributed by atoms with E-state index >= 15 is 0 Å². The molecule has 0 spiro atoms. The largest absolute Gasteiger partial charge is 0.416 e. The minimum atomic E-state index is -4.42. The molecule has 1 saturated carbocycles. The molecule has 1 aliphatic carbocycles. The van der Waals surface area contributed by atoms with Gasteiger partial charge < -0.3 is 10.0 Å². The number of likely N-dealkylation sites (tertiary alicyclic amines) is 1. The summed E-state index contributed by atoms with van der Waals surface area (Å²) in [7, 11) is 0. The summed E-state index contributed by atoms with van der Waals surface area (Å²) in [6.07, 6.45) is -0.432. The van der Waals surface area contributed by atoms with Gasteiger partial charge in [0, 0.05) is 12.6 Å².